The number of halogens is 1. The summed E-state index contributed by atoms with van der Waals surface area (Å²) in [5.74, 6) is 1.67. The molecule has 0 fully saturated rings. The van der Waals surface area contributed by atoms with Crippen molar-refractivity contribution in [3.05, 3.63) is 58.7 Å². The molecule has 0 saturated carbocycles. The van der Waals surface area contributed by atoms with Crippen LogP contribution in [0.25, 0.3) is 0 Å². The molecule has 0 saturated heterocycles. The quantitative estimate of drug-likeness (QED) is 0.669. The second-order valence-electron chi connectivity index (χ2n) is 6.83. The molecule has 28 heavy (non-hydrogen) atoms. The first-order valence-electron chi connectivity index (χ1n) is 9.04. The Bertz CT molecular complexity index is 817. The summed E-state index contributed by atoms with van der Waals surface area (Å²) in [5, 5.41) is 0. The Morgan fingerprint density at radius 1 is 0.929 bits per heavy atom. The Morgan fingerprint density at radius 2 is 1.57 bits per heavy atom. The van der Waals surface area contributed by atoms with Crippen molar-refractivity contribution in [1.82, 2.24) is 4.90 Å². The molecule has 7 nitrogen and oxygen atoms in total. The molecule has 2 heterocycles. The van der Waals surface area contributed by atoms with Crippen LogP contribution >= 0.6 is 0 Å². The van der Waals surface area contributed by atoms with Gasteiger partial charge in [-0.25, -0.2) is 0 Å². The summed E-state index contributed by atoms with van der Waals surface area (Å²) in [4.78, 5) is 2.63. The molecule has 2 aliphatic heterocycles. The average molecular weight is 412 g/mol. The molecule has 0 bridgehead atoms. The van der Waals surface area contributed by atoms with Crippen LogP contribution in [0.4, 0.5) is 0 Å². The normalized spacial score (nSPS) is 19.1. The molecule has 0 aliphatic carbocycles. The van der Waals surface area contributed by atoms with E-state index in [2.05, 4.69) is 41.3 Å². The van der Waals surface area contributed by atoms with Gasteiger partial charge in [0.1, 0.15) is 0 Å². The maximum absolute atomic E-state index is 8.83. The molecule has 2 aromatic carbocycles. The van der Waals surface area contributed by atoms with E-state index in [1.165, 1.54) is 28.7 Å². The van der Waals surface area contributed by atoms with E-state index in [1.807, 2.05) is 0 Å². The van der Waals surface area contributed by atoms with Crippen molar-refractivity contribution < 1.29 is 38.4 Å². The Labute approximate surface area is 166 Å². The van der Waals surface area contributed by atoms with Crippen molar-refractivity contribution in [3.8, 4) is 11.5 Å². The van der Waals surface area contributed by atoms with Gasteiger partial charge in [0.2, 0.25) is 0 Å². The molecule has 0 spiro atoms. The Balaban J connectivity index is 0.000000403. The van der Waals surface area contributed by atoms with Crippen molar-refractivity contribution in [3.63, 3.8) is 0 Å². The van der Waals surface area contributed by atoms with E-state index < -0.39 is 10.2 Å². The number of hydrogen-bond acceptors (Lipinski definition) is 7. The van der Waals surface area contributed by atoms with Crippen LogP contribution in [0.5, 0.6) is 11.5 Å². The summed E-state index contributed by atoms with van der Waals surface area (Å²) >= 11 is 0. The predicted octanol–water partition coefficient (Wildman–Crippen LogP) is 0.737. The zero-order valence-electron chi connectivity index (χ0n) is 16.0. The third-order valence-corrected chi connectivity index (χ3v) is 5.21. The van der Waals surface area contributed by atoms with Crippen molar-refractivity contribution in [2.75, 3.05) is 27.3 Å². The average Bonchev–Trinajstić information content (AvgIpc) is 2.84. The van der Waals surface area contributed by atoms with Crippen molar-refractivity contribution >= 4 is 0 Å². The number of rotatable bonds is 2. The van der Waals surface area contributed by atoms with E-state index in [0.29, 0.717) is 6.04 Å². The molecular weight excluding hydrogens is 386 g/mol. The number of ether oxygens (including phenoxy) is 2. The van der Waals surface area contributed by atoms with Crippen LogP contribution in [0, 0.1) is 10.2 Å². The van der Waals surface area contributed by atoms with E-state index in [-0.39, 0.29) is 0 Å². The van der Waals surface area contributed by atoms with Crippen LogP contribution in [-0.2, 0) is 12.8 Å². The first-order chi connectivity index (χ1) is 13.3. The van der Waals surface area contributed by atoms with Crippen LogP contribution in [0.3, 0.4) is 0 Å². The second kappa shape index (κ2) is 8.65. The SMILES string of the molecule is COc1cc2c(cc1OC)C1c3ccccc3CCN1CCC2.[O-][Cl+](O)(O)O. The molecule has 8 heteroatoms. The summed E-state index contributed by atoms with van der Waals surface area (Å²) in [7, 11) is -0.767. The Morgan fingerprint density at radius 3 is 2.25 bits per heavy atom. The summed E-state index contributed by atoms with van der Waals surface area (Å²) in [6, 6.07) is 13.6. The predicted molar refractivity (Wildman–Crippen MR) is 98.1 cm³/mol. The zero-order chi connectivity index (χ0) is 20.3. The Kier molecular flexibility index (Phi) is 6.44. The van der Waals surface area contributed by atoms with Gasteiger partial charge in [-0.3, -0.25) is 4.90 Å². The van der Waals surface area contributed by atoms with Gasteiger partial charge in [0.05, 0.1) is 20.3 Å². The van der Waals surface area contributed by atoms with E-state index in [0.717, 1.165) is 37.4 Å². The molecular formula is C20H26ClNO6. The summed E-state index contributed by atoms with van der Waals surface area (Å²) < 4.78 is 41.3. The number of benzene rings is 2. The van der Waals surface area contributed by atoms with Gasteiger partial charge in [-0.05, 0) is 60.2 Å². The topological polar surface area (TPSA) is 105 Å². The molecule has 0 amide bonds. The maximum atomic E-state index is 8.83. The van der Waals surface area contributed by atoms with Crippen molar-refractivity contribution in [2.45, 2.75) is 25.3 Å². The van der Waals surface area contributed by atoms with E-state index in [4.69, 9.17) is 28.1 Å². The molecule has 0 radical (unpaired) electrons. The minimum absolute atomic E-state index is 0.345. The third kappa shape index (κ3) is 4.75. The monoisotopic (exact) mass is 411 g/mol. The number of hydrogen-bond donors (Lipinski definition) is 3. The van der Waals surface area contributed by atoms with Crippen LogP contribution in [0.2, 0.25) is 0 Å². The first kappa shape index (κ1) is 20.9. The van der Waals surface area contributed by atoms with Gasteiger partial charge >= 0.3 is 28.9 Å². The van der Waals surface area contributed by atoms with Crippen molar-refractivity contribution in [1.29, 1.82) is 0 Å². The molecule has 4 rings (SSSR count). The van der Waals surface area contributed by atoms with E-state index in [1.54, 1.807) is 14.2 Å². The summed E-state index contributed by atoms with van der Waals surface area (Å²) in [5.41, 5.74) is 5.71. The van der Waals surface area contributed by atoms with Gasteiger partial charge < -0.3 is 9.47 Å². The zero-order valence-corrected chi connectivity index (χ0v) is 16.7. The van der Waals surface area contributed by atoms with Crippen LogP contribution < -0.4 is 14.1 Å². The molecule has 1 unspecified atom stereocenters. The molecule has 1 atom stereocenters. The van der Waals surface area contributed by atoms with E-state index in [9.17, 15) is 0 Å². The third-order valence-electron chi connectivity index (χ3n) is 5.21. The second-order valence-corrected chi connectivity index (χ2v) is 7.70. The first-order valence-corrected chi connectivity index (χ1v) is 10.4. The standard InChI is InChI=1S/C20H23NO2.ClH3O4/c1-22-18-12-15-7-5-10-21-11-9-14-6-3-4-8-16(14)20(21)17(15)13-19(18)23-2;2-1(3,4)5/h3-4,6,8,12-13,20H,5,7,9-11H2,1-2H3;2-4H. The van der Waals surface area contributed by atoms with Crippen LogP contribution in [0.15, 0.2) is 36.4 Å². The van der Waals surface area contributed by atoms with Crippen LogP contribution in [0.1, 0.15) is 34.7 Å². The van der Waals surface area contributed by atoms with E-state index >= 15 is 0 Å². The number of fused-ring (bicyclic) bond motifs is 5. The number of aryl methyl sites for hydroxylation is 1. The molecule has 154 valence electrons. The fourth-order valence-electron chi connectivity index (χ4n) is 4.10. The molecule has 2 aliphatic rings. The van der Waals surface area contributed by atoms with Crippen LogP contribution in [-0.4, -0.2) is 46.2 Å². The fourth-order valence-corrected chi connectivity index (χ4v) is 4.10. The van der Waals surface area contributed by atoms with Crippen molar-refractivity contribution in [2.24, 2.45) is 0 Å². The molecule has 0 aromatic heterocycles. The molecule has 3 N–H and O–H groups in total. The summed E-state index contributed by atoms with van der Waals surface area (Å²) in [6.07, 6.45) is 3.45. The van der Waals surface area contributed by atoms with Gasteiger partial charge in [-0.1, -0.05) is 24.3 Å². The minimum atomic E-state index is -4.19. The van der Waals surface area contributed by atoms with Gasteiger partial charge in [0, 0.05) is 6.54 Å². The van der Waals surface area contributed by atoms with Gasteiger partial charge in [-0.15, -0.1) is 0 Å². The van der Waals surface area contributed by atoms with Gasteiger partial charge in [0.25, 0.3) is 0 Å². The summed E-state index contributed by atoms with van der Waals surface area (Å²) in [6.45, 7) is 2.29. The fraction of sp³-hybridized carbons (Fsp3) is 0.400. The van der Waals surface area contributed by atoms with Gasteiger partial charge in [0.15, 0.2) is 11.5 Å². The van der Waals surface area contributed by atoms with Gasteiger partial charge in [-0.2, -0.15) is 0 Å². The number of nitrogens with zero attached hydrogens (tertiary/aromatic N) is 1. The number of methoxy groups -OCH3 is 2. The Hall–Kier alpha value is -1.87. The molecule has 2 aromatic rings.